The highest BCUT2D eigenvalue weighted by molar-refractivity contribution is 7.80. The van der Waals surface area contributed by atoms with Crippen LogP contribution in [0.5, 0.6) is 0 Å². The van der Waals surface area contributed by atoms with E-state index in [1.165, 1.54) is 31.9 Å². The van der Waals surface area contributed by atoms with Crippen LogP contribution in [0.4, 0.5) is 5.82 Å². The number of hydrogen-bond donors (Lipinski definition) is 2. The Morgan fingerprint density at radius 1 is 1.21 bits per heavy atom. The fraction of sp³-hybridized carbons (Fsp3) is 0.353. The van der Waals surface area contributed by atoms with E-state index in [0.29, 0.717) is 5.76 Å². The second-order valence-electron chi connectivity index (χ2n) is 5.74. The van der Waals surface area contributed by atoms with Gasteiger partial charge < -0.3 is 15.1 Å². The van der Waals surface area contributed by atoms with Gasteiger partial charge in [-0.1, -0.05) is 12.8 Å². The second kappa shape index (κ2) is 7.92. The Kier molecular flexibility index (Phi) is 5.43. The molecule has 0 amide bonds. The van der Waals surface area contributed by atoms with E-state index in [9.17, 15) is 0 Å². The van der Waals surface area contributed by atoms with Crippen LogP contribution in [0.2, 0.25) is 0 Å². The Balaban J connectivity index is 1.68. The van der Waals surface area contributed by atoms with Crippen molar-refractivity contribution in [2.45, 2.75) is 25.7 Å². The van der Waals surface area contributed by atoms with Crippen molar-refractivity contribution in [1.82, 2.24) is 10.4 Å². The topological polar surface area (TPSA) is 79.7 Å². The number of furan rings is 1. The van der Waals surface area contributed by atoms with Gasteiger partial charge in [0.2, 0.25) is 0 Å². The van der Waals surface area contributed by atoms with Crippen LogP contribution >= 0.6 is 12.2 Å². The molecule has 0 spiro atoms. The molecule has 1 saturated heterocycles. The first-order valence-electron chi connectivity index (χ1n) is 8.12. The van der Waals surface area contributed by atoms with Crippen molar-refractivity contribution in [3.05, 3.63) is 36.2 Å². The second-order valence-corrected chi connectivity index (χ2v) is 6.18. The molecule has 0 aromatic carbocycles. The maximum atomic E-state index is 5.73. The smallest absolute Gasteiger partial charge is 0.184 e. The zero-order valence-electron chi connectivity index (χ0n) is 13.4. The Bertz CT molecular complexity index is 702. The van der Waals surface area contributed by atoms with Crippen molar-refractivity contribution < 1.29 is 4.42 Å². The van der Waals surface area contributed by atoms with Gasteiger partial charge >= 0.3 is 0 Å². The van der Waals surface area contributed by atoms with Crippen LogP contribution in [0, 0.1) is 0 Å². The van der Waals surface area contributed by atoms with Gasteiger partial charge in [0.1, 0.15) is 17.3 Å². The summed E-state index contributed by atoms with van der Waals surface area (Å²) in [6, 6.07) is 7.83. The quantitative estimate of drug-likeness (QED) is 0.505. The van der Waals surface area contributed by atoms with Crippen LogP contribution in [0.3, 0.4) is 0 Å². The number of hydrogen-bond acceptors (Lipinski definition) is 5. The average Bonchev–Trinajstić information content (AvgIpc) is 2.88. The van der Waals surface area contributed by atoms with Gasteiger partial charge in [-0.3, -0.25) is 5.43 Å². The van der Waals surface area contributed by atoms with Crippen molar-refractivity contribution in [1.29, 1.82) is 0 Å². The molecule has 0 aliphatic carbocycles. The fourth-order valence-electron chi connectivity index (χ4n) is 2.76. The molecule has 1 aliphatic heterocycles. The van der Waals surface area contributed by atoms with Crippen LogP contribution in [0.15, 0.2) is 40.0 Å². The van der Waals surface area contributed by atoms with Crippen LogP contribution < -0.4 is 16.1 Å². The van der Waals surface area contributed by atoms with Crippen molar-refractivity contribution >= 4 is 29.4 Å². The van der Waals surface area contributed by atoms with Gasteiger partial charge in [0.25, 0.3) is 0 Å². The molecule has 1 aliphatic rings. The van der Waals surface area contributed by atoms with E-state index in [0.717, 1.165) is 30.2 Å². The van der Waals surface area contributed by atoms with Crippen LogP contribution in [-0.4, -0.2) is 29.4 Å². The normalized spacial score (nSPS) is 15.4. The lowest BCUT2D eigenvalue weighted by Crippen LogP contribution is -2.24. The molecule has 0 unspecified atom stereocenters. The molecule has 6 nitrogen and oxygen atoms in total. The summed E-state index contributed by atoms with van der Waals surface area (Å²) in [7, 11) is 0. The van der Waals surface area contributed by atoms with Gasteiger partial charge in [-0.25, -0.2) is 4.98 Å². The SMILES string of the molecule is NC(=S)NN=Cc1ccc(-c2ccc(N3CCCCCC3)nc2)o1. The molecular formula is C17H21N5OS. The Hall–Kier alpha value is -2.41. The third-order valence-electron chi connectivity index (χ3n) is 3.96. The molecular weight excluding hydrogens is 322 g/mol. The van der Waals surface area contributed by atoms with Gasteiger partial charge in [-0.05, 0) is 49.3 Å². The van der Waals surface area contributed by atoms with Crippen molar-refractivity contribution in [3.63, 3.8) is 0 Å². The van der Waals surface area contributed by atoms with Gasteiger partial charge in [-0.15, -0.1) is 0 Å². The fourth-order valence-corrected chi connectivity index (χ4v) is 2.81. The third-order valence-corrected chi connectivity index (χ3v) is 4.05. The molecule has 3 rings (SSSR count). The number of rotatable bonds is 4. The van der Waals surface area contributed by atoms with Crippen LogP contribution in [-0.2, 0) is 0 Å². The summed E-state index contributed by atoms with van der Waals surface area (Å²) in [4.78, 5) is 6.96. The first kappa shape index (κ1) is 16.4. The highest BCUT2D eigenvalue weighted by Gasteiger charge is 2.11. The van der Waals surface area contributed by atoms with E-state index < -0.39 is 0 Å². The number of nitrogens with zero attached hydrogens (tertiary/aromatic N) is 3. The molecule has 0 bridgehead atoms. The summed E-state index contributed by atoms with van der Waals surface area (Å²) in [5, 5.41) is 3.99. The lowest BCUT2D eigenvalue weighted by Gasteiger charge is -2.21. The number of pyridine rings is 1. The molecule has 24 heavy (non-hydrogen) atoms. The molecule has 0 radical (unpaired) electrons. The standard InChI is InChI=1S/C17H21N5OS/c18-17(24)21-20-12-14-6-7-15(23-14)13-5-8-16(19-11-13)22-9-3-1-2-4-10-22/h5-8,11-12H,1-4,9-10H2,(H3,18,21,24). The van der Waals surface area contributed by atoms with Gasteiger partial charge in [-0.2, -0.15) is 5.10 Å². The number of nitrogens with two attached hydrogens (primary N) is 1. The number of thiocarbonyl (C=S) groups is 1. The summed E-state index contributed by atoms with van der Waals surface area (Å²) in [6.45, 7) is 2.17. The predicted octanol–water partition coefficient (Wildman–Crippen LogP) is 2.89. The minimum Gasteiger partial charge on any atom is -0.455 e. The highest BCUT2D eigenvalue weighted by Crippen LogP contribution is 2.24. The Labute approximate surface area is 146 Å². The average molecular weight is 343 g/mol. The molecule has 2 aromatic heterocycles. The summed E-state index contributed by atoms with van der Waals surface area (Å²) in [5.74, 6) is 2.40. The first-order chi connectivity index (χ1) is 11.7. The molecule has 0 saturated carbocycles. The van der Waals surface area contributed by atoms with E-state index in [1.54, 1.807) is 0 Å². The van der Waals surface area contributed by atoms with E-state index in [2.05, 4.69) is 38.7 Å². The van der Waals surface area contributed by atoms with Crippen molar-refractivity contribution in [2.75, 3.05) is 18.0 Å². The maximum Gasteiger partial charge on any atom is 0.184 e. The molecule has 3 N–H and O–H groups in total. The molecule has 126 valence electrons. The van der Waals surface area contributed by atoms with Crippen molar-refractivity contribution in [3.8, 4) is 11.3 Å². The molecule has 3 heterocycles. The number of hydrazone groups is 1. The maximum absolute atomic E-state index is 5.73. The Morgan fingerprint density at radius 2 is 2.00 bits per heavy atom. The molecule has 1 fully saturated rings. The van der Waals surface area contributed by atoms with E-state index in [1.807, 2.05) is 24.4 Å². The number of nitrogens with one attached hydrogen (secondary N) is 1. The molecule has 0 atom stereocenters. The van der Waals surface area contributed by atoms with E-state index in [4.69, 9.17) is 10.2 Å². The molecule has 7 heteroatoms. The Morgan fingerprint density at radius 3 is 2.67 bits per heavy atom. The number of aromatic nitrogens is 1. The zero-order chi connectivity index (χ0) is 16.8. The summed E-state index contributed by atoms with van der Waals surface area (Å²) in [5.41, 5.74) is 8.74. The lowest BCUT2D eigenvalue weighted by atomic mass is 10.2. The zero-order valence-corrected chi connectivity index (χ0v) is 14.3. The monoisotopic (exact) mass is 343 g/mol. The minimum absolute atomic E-state index is 0.117. The van der Waals surface area contributed by atoms with E-state index >= 15 is 0 Å². The van der Waals surface area contributed by atoms with Gasteiger partial charge in [0.05, 0.1) is 6.21 Å². The van der Waals surface area contributed by atoms with Crippen LogP contribution in [0.25, 0.3) is 11.3 Å². The minimum atomic E-state index is 0.117. The summed E-state index contributed by atoms with van der Waals surface area (Å²) < 4.78 is 5.73. The van der Waals surface area contributed by atoms with Gasteiger partial charge in [0.15, 0.2) is 5.11 Å². The summed E-state index contributed by atoms with van der Waals surface area (Å²) >= 11 is 4.68. The largest absolute Gasteiger partial charge is 0.455 e. The third kappa shape index (κ3) is 4.32. The van der Waals surface area contributed by atoms with Gasteiger partial charge in [0, 0.05) is 24.8 Å². The number of anilines is 1. The van der Waals surface area contributed by atoms with Crippen molar-refractivity contribution in [2.24, 2.45) is 10.8 Å². The highest BCUT2D eigenvalue weighted by atomic mass is 32.1. The van der Waals surface area contributed by atoms with E-state index in [-0.39, 0.29) is 5.11 Å². The molecule has 2 aromatic rings. The summed E-state index contributed by atoms with van der Waals surface area (Å²) in [6.07, 6.45) is 8.49. The van der Waals surface area contributed by atoms with Crippen LogP contribution in [0.1, 0.15) is 31.4 Å². The predicted molar refractivity (Wildman–Crippen MR) is 100 cm³/mol. The first-order valence-corrected chi connectivity index (χ1v) is 8.53. The lowest BCUT2D eigenvalue weighted by molar-refractivity contribution is 0.574.